The molecule has 0 aromatic heterocycles. The van der Waals surface area contributed by atoms with E-state index < -0.39 is 0 Å². The van der Waals surface area contributed by atoms with Crippen LogP contribution in [0, 0.1) is 52.3 Å². The normalized spacial score (nSPS) is 59.4. The van der Waals surface area contributed by atoms with E-state index in [0.717, 1.165) is 60.4 Å². The summed E-state index contributed by atoms with van der Waals surface area (Å²) < 4.78 is 0. The molecule has 0 aromatic rings. The number of hydrogen-bond acceptors (Lipinski definition) is 2. The molecule has 2 aliphatic heterocycles. The maximum Gasteiger partial charge on any atom is 0.133 e. The molecule has 0 spiro atoms. The predicted molar refractivity (Wildman–Crippen MR) is 117 cm³/mol. The molecule has 0 unspecified atom stereocenters. The van der Waals surface area contributed by atoms with Crippen LogP contribution in [0.2, 0.25) is 0 Å². The summed E-state index contributed by atoms with van der Waals surface area (Å²) in [4.78, 5) is 15.2. The number of ketones is 1. The topological polar surface area (TPSA) is 20.3 Å². The zero-order chi connectivity index (χ0) is 20.1. The molecule has 6 fully saturated rings. The summed E-state index contributed by atoms with van der Waals surface area (Å²) in [6.45, 7) is 11.8. The average molecular weight is 398 g/mol. The van der Waals surface area contributed by atoms with Gasteiger partial charge in [0, 0.05) is 31.5 Å². The molecule has 2 nitrogen and oxygen atoms in total. The van der Waals surface area contributed by atoms with Gasteiger partial charge < -0.3 is 0 Å². The number of rotatable bonds is 0. The Hall–Kier alpha value is -0.370. The van der Waals surface area contributed by atoms with Gasteiger partial charge in [-0.05, 0) is 104 Å². The molecule has 0 radical (unpaired) electrons. The van der Waals surface area contributed by atoms with Crippen molar-refractivity contribution in [1.82, 2.24) is 4.90 Å². The Kier molecular flexibility index (Phi) is 4.22. The Morgan fingerprint density at radius 1 is 0.897 bits per heavy atom. The number of hydrogen-bond donors (Lipinski definition) is 0. The van der Waals surface area contributed by atoms with Gasteiger partial charge in [0.05, 0.1) is 0 Å². The van der Waals surface area contributed by atoms with Crippen molar-refractivity contribution >= 4 is 5.78 Å². The number of carbonyl (C=O) groups excluding carboxylic acids is 1. The van der Waals surface area contributed by atoms with E-state index in [9.17, 15) is 4.79 Å². The Morgan fingerprint density at radius 2 is 1.72 bits per heavy atom. The van der Waals surface area contributed by atoms with Gasteiger partial charge in [0.1, 0.15) is 5.78 Å². The quantitative estimate of drug-likeness (QED) is 0.504. The molecule has 162 valence electrons. The molecular weight excluding hydrogens is 354 g/mol. The number of piperidine rings is 1. The molecule has 0 N–H and O–H groups in total. The highest BCUT2D eigenvalue weighted by molar-refractivity contribution is 5.79. The van der Waals surface area contributed by atoms with E-state index in [2.05, 4.69) is 32.6 Å². The fourth-order valence-electron chi connectivity index (χ4n) is 10.8. The van der Waals surface area contributed by atoms with Crippen LogP contribution in [0.4, 0.5) is 0 Å². The molecular formula is C27H43NO. The van der Waals surface area contributed by atoms with Crippen LogP contribution in [0.3, 0.4) is 0 Å². The van der Waals surface area contributed by atoms with Crippen LogP contribution in [-0.2, 0) is 4.79 Å². The molecule has 0 bridgehead atoms. The summed E-state index contributed by atoms with van der Waals surface area (Å²) >= 11 is 0. The highest BCUT2D eigenvalue weighted by atomic mass is 16.1. The van der Waals surface area contributed by atoms with Crippen LogP contribution in [0.5, 0.6) is 0 Å². The fraction of sp³-hybridized carbons (Fsp3) is 0.963. The Balaban J connectivity index is 1.31. The first-order chi connectivity index (χ1) is 13.8. The van der Waals surface area contributed by atoms with Gasteiger partial charge in [-0.2, -0.15) is 0 Å². The molecule has 4 saturated carbocycles. The molecule has 2 heterocycles. The van der Waals surface area contributed by atoms with Gasteiger partial charge in [-0.15, -0.1) is 0 Å². The molecule has 2 saturated heterocycles. The van der Waals surface area contributed by atoms with E-state index in [1.165, 1.54) is 57.9 Å². The van der Waals surface area contributed by atoms with Crippen LogP contribution in [0.15, 0.2) is 0 Å². The van der Waals surface area contributed by atoms with Crippen LogP contribution in [0.1, 0.15) is 91.9 Å². The predicted octanol–water partition coefficient (Wildman–Crippen LogP) is 5.94. The molecule has 0 amide bonds. The maximum absolute atomic E-state index is 12.2. The molecule has 6 aliphatic rings. The average Bonchev–Trinajstić information content (AvgIpc) is 3.15. The number of Topliss-reactive ketones (excluding diaryl/α,β-unsaturated/α-hetero) is 1. The second-order valence-electron chi connectivity index (χ2n) is 13.1. The van der Waals surface area contributed by atoms with Gasteiger partial charge in [0.15, 0.2) is 0 Å². The Labute approximate surface area is 178 Å². The van der Waals surface area contributed by atoms with Crippen molar-refractivity contribution in [2.24, 2.45) is 52.3 Å². The van der Waals surface area contributed by atoms with Gasteiger partial charge in [0.25, 0.3) is 0 Å². The number of carbonyl (C=O) groups is 1. The Bertz CT molecular complexity index is 703. The number of nitrogens with zero attached hydrogens (tertiary/aromatic N) is 1. The fourth-order valence-corrected chi connectivity index (χ4v) is 10.8. The van der Waals surface area contributed by atoms with Crippen molar-refractivity contribution in [3.8, 4) is 0 Å². The SMILES string of the molecule is C[C@@H]1CC[C@@H]2[C@H](C)[C@H]3[C@H](C[C@H]4[C@@H]5CC[C@H]6CC(=O)CC[C@]6(C)[C@H]5CC[C@]34C)N2C1. The van der Waals surface area contributed by atoms with Crippen molar-refractivity contribution in [3.05, 3.63) is 0 Å². The second-order valence-corrected chi connectivity index (χ2v) is 13.1. The van der Waals surface area contributed by atoms with Gasteiger partial charge in [0.2, 0.25) is 0 Å². The largest absolute Gasteiger partial charge is 0.300 e. The van der Waals surface area contributed by atoms with E-state index >= 15 is 0 Å². The Morgan fingerprint density at radius 3 is 2.55 bits per heavy atom. The third-order valence-electron chi connectivity index (χ3n) is 12.1. The minimum Gasteiger partial charge on any atom is -0.300 e. The lowest BCUT2D eigenvalue weighted by molar-refractivity contribution is -0.140. The smallest absolute Gasteiger partial charge is 0.133 e. The van der Waals surface area contributed by atoms with Crippen LogP contribution < -0.4 is 0 Å². The minimum atomic E-state index is 0.462. The van der Waals surface area contributed by atoms with Crippen LogP contribution in [-0.4, -0.2) is 29.3 Å². The lowest BCUT2D eigenvalue weighted by atomic mass is 9.44. The standard InChI is InChI=1S/C27H43NO/c1-16-5-8-23-17(2)25-24(28(23)15-16)14-22-20-7-6-18-13-19(29)9-11-26(18,3)21(20)10-12-27(22,25)4/h16-18,20-25H,5-15H2,1-4H3/t16-,17+,18+,20-,21+,22+,23-,24+,25+,26+,27+/m1/s1. The zero-order valence-corrected chi connectivity index (χ0v) is 19.3. The molecule has 11 atom stereocenters. The van der Waals surface area contributed by atoms with Crippen LogP contribution >= 0.6 is 0 Å². The molecule has 2 heteroatoms. The first kappa shape index (κ1) is 19.3. The van der Waals surface area contributed by atoms with Crippen molar-refractivity contribution in [3.63, 3.8) is 0 Å². The van der Waals surface area contributed by atoms with Crippen molar-refractivity contribution in [2.45, 2.75) is 104 Å². The van der Waals surface area contributed by atoms with Gasteiger partial charge in [-0.25, -0.2) is 0 Å². The summed E-state index contributed by atoms with van der Waals surface area (Å²) in [7, 11) is 0. The summed E-state index contributed by atoms with van der Waals surface area (Å²) in [5.41, 5.74) is 1.04. The van der Waals surface area contributed by atoms with Crippen molar-refractivity contribution < 1.29 is 4.79 Å². The monoisotopic (exact) mass is 397 g/mol. The molecule has 0 aromatic carbocycles. The molecule has 29 heavy (non-hydrogen) atoms. The summed E-state index contributed by atoms with van der Waals surface area (Å²) in [6.07, 6.45) is 13.0. The van der Waals surface area contributed by atoms with E-state index in [1.807, 2.05) is 0 Å². The van der Waals surface area contributed by atoms with E-state index in [1.54, 1.807) is 0 Å². The van der Waals surface area contributed by atoms with Crippen LogP contribution in [0.25, 0.3) is 0 Å². The maximum atomic E-state index is 12.2. The minimum absolute atomic E-state index is 0.462. The van der Waals surface area contributed by atoms with Gasteiger partial charge >= 0.3 is 0 Å². The summed E-state index contributed by atoms with van der Waals surface area (Å²) in [5.74, 6) is 6.80. The van der Waals surface area contributed by atoms with Crippen molar-refractivity contribution in [1.29, 1.82) is 0 Å². The third-order valence-corrected chi connectivity index (χ3v) is 12.1. The van der Waals surface area contributed by atoms with Gasteiger partial charge in [-0.1, -0.05) is 27.7 Å². The lowest BCUT2D eigenvalue weighted by Crippen LogP contribution is -2.54. The first-order valence-corrected chi connectivity index (χ1v) is 13.1. The van der Waals surface area contributed by atoms with E-state index in [0.29, 0.717) is 22.5 Å². The number of fused-ring (bicyclic) bond motifs is 9. The first-order valence-electron chi connectivity index (χ1n) is 13.1. The zero-order valence-electron chi connectivity index (χ0n) is 19.3. The molecule has 6 rings (SSSR count). The van der Waals surface area contributed by atoms with Crippen molar-refractivity contribution in [2.75, 3.05) is 6.54 Å². The lowest BCUT2D eigenvalue weighted by Gasteiger charge is -2.60. The highest BCUT2D eigenvalue weighted by Gasteiger charge is 2.66. The molecule has 4 aliphatic carbocycles. The van der Waals surface area contributed by atoms with E-state index in [4.69, 9.17) is 0 Å². The summed E-state index contributed by atoms with van der Waals surface area (Å²) in [5, 5.41) is 0. The second kappa shape index (κ2) is 6.33. The summed E-state index contributed by atoms with van der Waals surface area (Å²) in [6, 6.07) is 1.76. The highest BCUT2D eigenvalue weighted by Crippen LogP contribution is 2.70. The van der Waals surface area contributed by atoms with Gasteiger partial charge in [-0.3, -0.25) is 9.69 Å². The third kappa shape index (κ3) is 2.48. The van der Waals surface area contributed by atoms with E-state index in [-0.39, 0.29) is 0 Å².